The number of halogens is 1. The van der Waals surface area contributed by atoms with Gasteiger partial charge in [0.1, 0.15) is 0 Å². The van der Waals surface area contributed by atoms with E-state index in [1.54, 1.807) is 0 Å². The van der Waals surface area contributed by atoms with Gasteiger partial charge in [0.05, 0.1) is 0 Å². The Morgan fingerprint density at radius 2 is 2.24 bits per heavy atom. The summed E-state index contributed by atoms with van der Waals surface area (Å²) in [5.74, 6) is 0.610. The predicted octanol–water partition coefficient (Wildman–Crippen LogP) is 3.26. The average Bonchev–Trinajstić information content (AvgIpc) is 2.64. The number of fused-ring (bicyclic) bond motifs is 1. The van der Waals surface area contributed by atoms with Gasteiger partial charge in [0.2, 0.25) is 0 Å². The Morgan fingerprint density at radius 1 is 1.47 bits per heavy atom. The fraction of sp³-hybridized carbons (Fsp3) is 0.571. The predicted molar refractivity (Wildman–Crippen MR) is 75.2 cm³/mol. The largest absolute Gasteiger partial charge is 0.368 e. The van der Waals surface area contributed by atoms with E-state index in [1.165, 1.54) is 17.7 Å². The van der Waals surface area contributed by atoms with Gasteiger partial charge < -0.3 is 10.2 Å². The second-order valence-electron chi connectivity index (χ2n) is 5.04. The van der Waals surface area contributed by atoms with E-state index in [-0.39, 0.29) is 0 Å². The van der Waals surface area contributed by atoms with Gasteiger partial charge in [-0.2, -0.15) is 0 Å². The summed E-state index contributed by atoms with van der Waals surface area (Å²) in [5.41, 5.74) is 2.78. The van der Waals surface area contributed by atoms with Crippen LogP contribution in [0.5, 0.6) is 0 Å². The van der Waals surface area contributed by atoms with Gasteiger partial charge in [-0.05, 0) is 57.6 Å². The highest BCUT2D eigenvalue weighted by Crippen LogP contribution is 2.40. The van der Waals surface area contributed by atoms with E-state index in [0.717, 1.165) is 18.1 Å². The number of nitrogens with one attached hydrogen (secondary N) is 1. The molecule has 0 radical (unpaired) electrons. The van der Waals surface area contributed by atoms with Crippen molar-refractivity contribution in [2.75, 3.05) is 25.0 Å². The molecule has 0 saturated heterocycles. The normalized spacial score (nSPS) is 18.9. The molecule has 0 spiro atoms. The molecule has 0 aliphatic carbocycles. The van der Waals surface area contributed by atoms with Crippen molar-refractivity contribution in [3.05, 3.63) is 28.8 Å². The molecule has 1 aliphatic heterocycles. The first-order valence-corrected chi connectivity index (χ1v) is 6.72. The molecule has 0 bridgehead atoms. The van der Waals surface area contributed by atoms with Gasteiger partial charge in [-0.1, -0.05) is 11.6 Å². The topological polar surface area (TPSA) is 15.3 Å². The summed E-state index contributed by atoms with van der Waals surface area (Å²) in [7, 11) is 2.01. The highest BCUT2D eigenvalue weighted by atomic mass is 35.5. The van der Waals surface area contributed by atoms with E-state index in [9.17, 15) is 0 Å². The van der Waals surface area contributed by atoms with Gasteiger partial charge >= 0.3 is 0 Å². The van der Waals surface area contributed by atoms with Gasteiger partial charge in [0.15, 0.2) is 0 Å². The number of rotatable bonds is 4. The second-order valence-corrected chi connectivity index (χ2v) is 5.47. The number of hydrogen-bond acceptors (Lipinski definition) is 2. The smallest absolute Gasteiger partial charge is 0.0410 e. The minimum atomic E-state index is 0.550. The maximum atomic E-state index is 6.12. The van der Waals surface area contributed by atoms with Crippen LogP contribution in [0.1, 0.15) is 31.7 Å². The van der Waals surface area contributed by atoms with Gasteiger partial charge in [-0.15, -0.1) is 0 Å². The fourth-order valence-corrected chi connectivity index (χ4v) is 2.78. The second kappa shape index (κ2) is 5.28. The Morgan fingerprint density at radius 3 is 2.88 bits per heavy atom. The van der Waals surface area contributed by atoms with Crippen LogP contribution in [-0.2, 0) is 0 Å². The highest BCUT2D eigenvalue weighted by molar-refractivity contribution is 6.30. The molecular weight excluding hydrogens is 232 g/mol. The standard InChI is InChI=1S/C14H21ClN2/c1-10(2)17-9-11(6-7-16-3)13-8-12(15)4-5-14(13)17/h4-5,8,10-11,16H,6-7,9H2,1-3H3. The summed E-state index contributed by atoms with van der Waals surface area (Å²) in [4.78, 5) is 2.48. The van der Waals surface area contributed by atoms with Crippen LogP contribution in [0.2, 0.25) is 5.02 Å². The van der Waals surface area contributed by atoms with Crippen LogP contribution in [-0.4, -0.2) is 26.2 Å². The van der Waals surface area contributed by atoms with Crippen molar-refractivity contribution >= 4 is 17.3 Å². The Hall–Kier alpha value is -0.730. The zero-order valence-corrected chi connectivity index (χ0v) is 11.6. The Bertz CT molecular complexity index is 390. The minimum absolute atomic E-state index is 0.550. The van der Waals surface area contributed by atoms with E-state index in [2.05, 4.69) is 36.2 Å². The number of hydrogen-bond donors (Lipinski definition) is 1. The van der Waals surface area contributed by atoms with Crippen LogP contribution in [0.4, 0.5) is 5.69 Å². The van der Waals surface area contributed by atoms with E-state index in [0.29, 0.717) is 12.0 Å². The number of anilines is 1. The SMILES string of the molecule is CNCCC1CN(C(C)C)c2ccc(Cl)cc21. The molecule has 0 saturated carbocycles. The van der Waals surface area contributed by atoms with Crippen LogP contribution >= 0.6 is 11.6 Å². The molecule has 0 aromatic heterocycles. The van der Waals surface area contributed by atoms with E-state index in [4.69, 9.17) is 11.6 Å². The zero-order chi connectivity index (χ0) is 12.4. The quantitative estimate of drug-likeness (QED) is 0.885. The van der Waals surface area contributed by atoms with Crippen molar-refractivity contribution in [1.82, 2.24) is 5.32 Å². The van der Waals surface area contributed by atoms with E-state index in [1.807, 2.05) is 13.1 Å². The molecule has 1 unspecified atom stereocenters. The molecule has 1 atom stereocenters. The Labute approximate surface area is 109 Å². The van der Waals surface area contributed by atoms with Crippen molar-refractivity contribution < 1.29 is 0 Å². The monoisotopic (exact) mass is 252 g/mol. The molecule has 94 valence electrons. The van der Waals surface area contributed by atoms with Gasteiger partial charge in [-0.25, -0.2) is 0 Å². The van der Waals surface area contributed by atoms with Crippen LogP contribution in [0.3, 0.4) is 0 Å². The minimum Gasteiger partial charge on any atom is -0.368 e. The molecule has 0 amide bonds. The van der Waals surface area contributed by atoms with Crippen molar-refractivity contribution in [3.8, 4) is 0 Å². The first-order chi connectivity index (χ1) is 8.13. The molecule has 1 N–H and O–H groups in total. The molecule has 1 aliphatic rings. The lowest BCUT2D eigenvalue weighted by atomic mass is 9.98. The number of nitrogens with zero attached hydrogens (tertiary/aromatic N) is 1. The lowest BCUT2D eigenvalue weighted by Crippen LogP contribution is -2.29. The Kier molecular flexibility index (Phi) is 3.95. The maximum absolute atomic E-state index is 6.12. The summed E-state index contributed by atoms with van der Waals surface area (Å²) >= 11 is 6.12. The third kappa shape index (κ3) is 2.58. The average molecular weight is 253 g/mol. The van der Waals surface area contributed by atoms with Gasteiger partial charge in [0.25, 0.3) is 0 Å². The molecule has 2 rings (SSSR count). The number of benzene rings is 1. The highest BCUT2D eigenvalue weighted by Gasteiger charge is 2.29. The van der Waals surface area contributed by atoms with Crippen molar-refractivity contribution in [1.29, 1.82) is 0 Å². The molecule has 3 heteroatoms. The van der Waals surface area contributed by atoms with Gasteiger partial charge in [-0.3, -0.25) is 0 Å². The lowest BCUT2D eigenvalue weighted by Gasteiger charge is -2.24. The maximum Gasteiger partial charge on any atom is 0.0410 e. The van der Waals surface area contributed by atoms with Crippen LogP contribution in [0.25, 0.3) is 0 Å². The first-order valence-electron chi connectivity index (χ1n) is 6.34. The molecule has 1 aromatic carbocycles. The van der Waals surface area contributed by atoms with Crippen LogP contribution in [0.15, 0.2) is 18.2 Å². The third-order valence-electron chi connectivity index (χ3n) is 3.52. The molecule has 1 aromatic rings. The first kappa shape index (κ1) is 12.7. The fourth-order valence-electron chi connectivity index (χ4n) is 2.60. The van der Waals surface area contributed by atoms with Crippen LogP contribution < -0.4 is 10.2 Å². The Balaban J connectivity index is 2.27. The van der Waals surface area contributed by atoms with Crippen molar-refractivity contribution in [2.24, 2.45) is 0 Å². The molecule has 17 heavy (non-hydrogen) atoms. The lowest BCUT2D eigenvalue weighted by molar-refractivity contribution is 0.588. The zero-order valence-electron chi connectivity index (χ0n) is 10.8. The van der Waals surface area contributed by atoms with Crippen molar-refractivity contribution in [2.45, 2.75) is 32.2 Å². The molecule has 1 heterocycles. The van der Waals surface area contributed by atoms with E-state index < -0.39 is 0 Å². The van der Waals surface area contributed by atoms with E-state index >= 15 is 0 Å². The summed E-state index contributed by atoms with van der Waals surface area (Å²) < 4.78 is 0. The molecular formula is C14H21ClN2. The summed E-state index contributed by atoms with van der Waals surface area (Å²) in [5, 5.41) is 4.08. The van der Waals surface area contributed by atoms with Crippen molar-refractivity contribution in [3.63, 3.8) is 0 Å². The summed E-state index contributed by atoms with van der Waals surface area (Å²) in [6, 6.07) is 6.85. The third-order valence-corrected chi connectivity index (χ3v) is 3.76. The molecule has 2 nitrogen and oxygen atoms in total. The summed E-state index contributed by atoms with van der Waals surface area (Å²) in [6.07, 6.45) is 1.17. The van der Waals surface area contributed by atoms with Gasteiger partial charge in [0, 0.05) is 29.2 Å². The van der Waals surface area contributed by atoms with Crippen LogP contribution in [0, 0.1) is 0 Å². The molecule has 0 fully saturated rings. The summed E-state index contributed by atoms with van der Waals surface area (Å²) in [6.45, 7) is 6.68.